The molecule has 4 N–H and O–H groups in total. The number of carbonyl (C=O) groups excluding carboxylic acids is 6. The predicted molar refractivity (Wildman–Crippen MR) is 331 cm³/mol. The van der Waals surface area contributed by atoms with Gasteiger partial charge in [0.1, 0.15) is 31.3 Å². The number of esters is 1. The second-order valence-electron chi connectivity index (χ2n) is 22.2. The number of piperazine rings is 3. The van der Waals surface area contributed by atoms with E-state index >= 15 is 0 Å². The van der Waals surface area contributed by atoms with Crippen LogP contribution in [0, 0.1) is 0 Å². The summed E-state index contributed by atoms with van der Waals surface area (Å²) in [6.45, 7) is 7.98. The lowest BCUT2D eigenvalue weighted by Gasteiger charge is -2.43. The molecule has 3 aromatic carbocycles. The number of ether oxygens (including phenoxy) is 3. The van der Waals surface area contributed by atoms with Crippen LogP contribution in [0.2, 0.25) is 18.7 Å². The summed E-state index contributed by atoms with van der Waals surface area (Å²) in [4.78, 5) is 98.5. The van der Waals surface area contributed by atoms with Crippen LogP contribution in [-0.4, -0.2) is 204 Å². The first-order chi connectivity index (χ1) is 42.4. The minimum atomic E-state index is -0.753. The number of halogens is 2. The molecular weight excluding hydrogens is 1220 g/mol. The Morgan fingerprint density at radius 3 is 1.77 bits per heavy atom. The second-order valence-corrected chi connectivity index (χ2v) is 23.5. The van der Waals surface area contributed by atoms with E-state index in [1.165, 1.54) is 15.4 Å². The summed E-state index contributed by atoms with van der Waals surface area (Å²) in [5, 5.41) is 25.9. The highest BCUT2D eigenvalue weighted by Gasteiger charge is 2.46. The molecule has 4 atom stereocenters. The molecule has 0 saturated carbocycles. The number of rotatable bonds is 15. The molecule has 28 heteroatoms. The van der Waals surface area contributed by atoms with E-state index in [-0.39, 0.29) is 37.6 Å². The molecule has 2 unspecified atom stereocenters. The molecule has 6 aromatic rings. The van der Waals surface area contributed by atoms with Crippen LogP contribution < -0.4 is 10.6 Å². The Balaban J connectivity index is 0.000000179. The minimum Gasteiger partial charge on any atom is -0.445 e. The molecule has 3 aromatic heterocycles. The van der Waals surface area contributed by atoms with Gasteiger partial charge in [-0.1, -0.05) is 78.3 Å². The zero-order chi connectivity index (χ0) is 62.4. The highest BCUT2D eigenvalue weighted by Crippen LogP contribution is 2.39. The van der Waals surface area contributed by atoms with Gasteiger partial charge in [0, 0.05) is 138 Å². The smallest absolute Gasteiger partial charge is 0.418 e. The number of nitrogens with one attached hydrogen (secondary N) is 2. The number of carbonyl (C=O) groups is 6. The number of aryl methyl sites for hydroxylation is 4. The molecule has 0 radical (unpaired) electrons. The van der Waals surface area contributed by atoms with Crippen molar-refractivity contribution in [2.45, 2.75) is 76.7 Å². The van der Waals surface area contributed by atoms with Crippen LogP contribution in [0.4, 0.5) is 14.4 Å². The molecule has 4 aliphatic heterocycles. The van der Waals surface area contributed by atoms with E-state index in [4.69, 9.17) is 26.1 Å². The standard InChI is InChI=1S/C33H34BrClN6O3.C20H28BN5O4.C7H11BN2O4/c1-39-21-36-18-27(39)11-12-37-32(42)29-19-40(13-14-41(29)33(43)44-20-22-5-3-2-4-6-22)31-28-10-9-26(35)16-23(28)7-8-24-15-25(34)17-38-30(24)31;1-21(29)25-10-11-26(20(28)30-14-16-6-4-3-5-7-16)18(13-25)19(27)23-9-8-17-12-22-15-24(17)2;1-8(13)9-2-3-10-5(4-9)6(11)14-7(10)12/h2-6,9-10,15-18,21,29,31H,7-8,11-14,19-20H2,1H3,(H,37,42);3-7,12,15,18,29H,8-11,13-14H2,1-2H3,(H,23,27);5,13H,2-4H2,1H3/t29-,31?;18-;/m11./s1. The fraction of sp³-hybridized carbons (Fsp3) is 0.417. The molecule has 7 heterocycles. The number of hydrogen-bond donors (Lipinski definition) is 4. The van der Waals surface area contributed by atoms with Gasteiger partial charge in [0.2, 0.25) is 11.8 Å². The van der Waals surface area contributed by atoms with Gasteiger partial charge in [-0.3, -0.25) is 34.2 Å². The van der Waals surface area contributed by atoms with Crippen molar-refractivity contribution < 1.29 is 53.0 Å². The topological polar surface area (TPSA) is 263 Å². The molecule has 1 aliphatic carbocycles. The Labute approximate surface area is 525 Å². The lowest BCUT2D eigenvalue weighted by Crippen LogP contribution is -2.63. The van der Waals surface area contributed by atoms with Crippen molar-refractivity contribution >= 4 is 77.7 Å². The number of imidazole rings is 2. The van der Waals surface area contributed by atoms with Crippen molar-refractivity contribution in [3.8, 4) is 0 Å². The molecule has 5 aliphatic rings. The van der Waals surface area contributed by atoms with Crippen LogP contribution in [0.25, 0.3) is 0 Å². The average Bonchev–Trinajstić information content (AvgIpc) is 2.17. The van der Waals surface area contributed by atoms with Gasteiger partial charge in [0.05, 0.1) is 24.4 Å². The number of fused-ring (bicyclic) bond motifs is 3. The first-order valence-electron chi connectivity index (χ1n) is 29.4. The average molecular weight is 1290 g/mol. The summed E-state index contributed by atoms with van der Waals surface area (Å²) < 4.78 is 20.4. The fourth-order valence-corrected chi connectivity index (χ4v) is 11.9. The molecule has 5 amide bonds. The minimum absolute atomic E-state index is 0.137. The zero-order valence-corrected chi connectivity index (χ0v) is 52.0. The Kier molecular flexibility index (Phi) is 22.5. The summed E-state index contributed by atoms with van der Waals surface area (Å²) in [5.74, 6) is -0.998. The number of hydrogen-bond acceptors (Lipinski definition) is 17. The van der Waals surface area contributed by atoms with E-state index in [0.717, 1.165) is 56.6 Å². The molecule has 24 nitrogen and oxygen atoms in total. The van der Waals surface area contributed by atoms with Crippen LogP contribution in [0.3, 0.4) is 0 Å². The maximum atomic E-state index is 13.8. The van der Waals surface area contributed by atoms with Gasteiger partial charge >= 0.3 is 38.4 Å². The monoisotopic (exact) mass is 1290 g/mol. The molecule has 0 bridgehead atoms. The van der Waals surface area contributed by atoms with Crippen molar-refractivity contribution in [3.63, 3.8) is 0 Å². The SMILES string of the molecule is CB(O)N1CCN(C(=O)OCc2ccccc2)[C@@H](C(=O)NCCc2cncn2C)C1.CB(O)N1CCN2C(=O)OC(=O)C2C1.Cn1cncc1CCNC(=O)[C@H]1CN(C2c3ccc(Cl)cc3CCc3cc(Br)cnc32)CCN1C(=O)OCc1ccccc1. The van der Waals surface area contributed by atoms with Gasteiger partial charge < -0.3 is 53.6 Å². The maximum absolute atomic E-state index is 13.8. The number of amides is 5. The second kappa shape index (κ2) is 30.5. The third kappa shape index (κ3) is 16.5. The van der Waals surface area contributed by atoms with Crippen molar-refractivity contribution in [2.24, 2.45) is 14.1 Å². The number of pyridine rings is 1. The number of cyclic esters (lactones) is 2. The Morgan fingerprint density at radius 1 is 0.682 bits per heavy atom. The summed E-state index contributed by atoms with van der Waals surface area (Å²) in [6, 6.07) is 24.9. The van der Waals surface area contributed by atoms with Crippen molar-refractivity contribution in [2.75, 3.05) is 72.0 Å². The molecule has 464 valence electrons. The van der Waals surface area contributed by atoms with Gasteiger partial charge in [-0.2, -0.15) is 0 Å². The van der Waals surface area contributed by atoms with Gasteiger partial charge in [0.15, 0.2) is 0 Å². The molecule has 4 fully saturated rings. The van der Waals surface area contributed by atoms with Gasteiger partial charge in [-0.25, -0.2) is 29.1 Å². The molecular formula is C60H73B2BrClN13O11. The van der Waals surface area contributed by atoms with Crippen molar-refractivity contribution in [1.82, 2.24) is 63.9 Å². The van der Waals surface area contributed by atoms with E-state index in [9.17, 15) is 38.8 Å². The summed E-state index contributed by atoms with van der Waals surface area (Å²) in [7, 11) is 2.53. The maximum Gasteiger partial charge on any atom is 0.418 e. The number of aromatic nitrogens is 5. The number of nitrogens with zero attached hydrogens (tertiary/aromatic N) is 11. The zero-order valence-electron chi connectivity index (χ0n) is 49.7. The molecule has 11 rings (SSSR count). The lowest BCUT2D eigenvalue weighted by molar-refractivity contribution is -0.136. The van der Waals surface area contributed by atoms with Crippen molar-refractivity contribution in [1.29, 1.82) is 0 Å². The van der Waals surface area contributed by atoms with Crippen LogP contribution >= 0.6 is 27.5 Å². The Bertz CT molecular complexity index is 3330. The molecule has 88 heavy (non-hydrogen) atoms. The highest BCUT2D eigenvalue weighted by atomic mass is 79.9. The van der Waals surface area contributed by atoms with Crippen LogP contribution in [0.5, 0.6) is 0 Å². The quantitative estimate of drug-likeness (QED) is 0.0481. The number of benzene rings is 3. The Hall–Kier alpha value is -7.65. The van der Waals surface area contributed by atoms with Crippen LogP contribution in [0.15, 0.2) is 121 Å². The molecule has 4 saturated heterocycles. The molecule has 0 spiro atoms. The van der Waals surface area contributed by atoms with E-state index in [2.05, 4.69) is 58.3 Å². The van der Waals surface area contributed by atoms with E-state index in [0.29, 0.717) is 83.3 Å². The lowest BCUT2D eigenvalue weighted by atomic mass is 9.83. The van der Waals surface area contributed by atoms with Gasteiger partial charge in [-0.15, -0.1) is 0 Å². The third-order valence-electron chi connectivity index (χ3n) is 16.3. The normalized spacial score (nSPS) is 19.2. The fourth-order valence-electron chi connectivity index (χ4n) is 11.3. The van der Waals surface area contributed by atoms with Crippen LogP contribution in [-0.2, 0) is 81.6 Å². The highest BCUT2D eigenvalue weighted by molar-refractivity contribution is 9.10. The van der Waals surface area contributed by atoms with Gasteiger partial charge in [0.25, 0.3) is 0 Å². The van der Waals surface area contributed by atoms with E-state index in [1.54, 1.807) is 53.2 Å². The van der Waals surface area contributed by atoms with E-state index in [1.807, 2.05) is 102 Å². The summed E-state index contributed by atoms with van der Waals surface area (Å²) >= 11 is 10.0. The van der Waals surface area contributed by atoms with E-state index < -0.39 is 56.5 Å². The van der Waals surface area contributed by atoms with Crippen molar-refractivity contribution in [3.05, 3.63) is 171 Å². The third-order valence-corrected chi connectivity index (χ3v) is 17.0. The first kappa shape index (κ1) is 64.8. The summed E-state index contributed by atoms with van der Waals surface area (Å²) in [5.41, 5.74) is 8.19. The first-order valence-corrected chi connectivity index (χ1v) is 30.5. The Morgan fingerprint density at radius 2 is 1.22 bits per heavy atom. The van der Waals surface area contributed by atoms with Crippen LogP contribution in [0.1, 0.15) is 50.9 Å². The predicted octanol–water partition coefficient (Wildman–Crippen LogP) is 4.37. The summed E-state index contributed by atoms with van der Waals surface area (Å²) in [6.07, 6.45) is 10.1. The largest absolute Gasteiger partial charge is 0.445 e. The van der Waals surface area contributed by atoms with Gasteiger partial charge in [-0.05, 0) is 88.4 Å².